The van der Waals surface area contributed by atoms with E-state index in [1.165, 1.54) is 32.4 Å². The van der Waals surface area contributed by atoms with E-state index in [1.54, 1.807) is 23.1 Å². The number of thiocarbonyl (C=S) groups is 1. The van der Waals surface area contributed by atoms with Gasteiger partial charge < -0.3 is 9.47 Å². The first-order valence-corrected chi connectivity index (χ1v) is 13.9. The second kappa shape index (κ2) is 11.4. The van der Waals surface area contributed by atoms with E-state index in [0.717, 1.165) is 29.1 Å². The summed E-state index contributed by atoms with van der Waals surface area (Å²) in [6.07, 6.45) is 2.99. The highest BCUT2D eigenvalue weighted by Crippen LogP contribution is 2.56. The number of rotatable bonds is 5. The minimum absolute atomic E-state index is 0.0429. The Labute approximate surface area is 244 Å². The molecule has 4 rings (SSSR count). The molecule has 0 aliphatic carbocycles. The Kier molecular flexibility index (Phi) is 8.33. The molecule has 2 heterocycles. The van der Waals surface area contributed by atoms with Crippen LogP contribution in [-0.2, 0) is 23.9 Å². The molecular formula is C28H24N2O7S3. The topological polar surface area (TPSA) is 116 Å². The van der Waals surface area contributed by atoms with Crippen molar-refractivity contribution in [3.63, 3.8) is 0 Å². The lowest BCUT2D eigenvalue weighted by Crippen LogP contribution is -2.55. The van der Waals surface area contributed by atoms with Crippen molar-refractivity contribution in [2.24, 2.45) is 0 Å². The van der Waals surface area contributed by atoms with Gasteiger partial charge in [-0.3, -0.25) is 19.8 Å². The maximum absolute atomic E-state index is 13.7. The molecule has 0 saturated carbocycles. The normalized spacial score (nSPS) is 16.3. The summed E-state index contributed by atoms with van der Waals surface area (Å²) in [6, 6.07) is 11.5. The number of hydrogen-bond acceptors (Lipinski definition) is 10. The molecule has 0 saturated heterocycles. The van der Waals surface area contributed by atoms with Gasteiger partial charge in [0.15, 0.2) is 0 Å². The van der Waals surface area contributed by atoms with Gasteiger partial charge in [0, 0.05) is 29.3 Å². The van der Waals surface area contributed by atoms with Crippen molar-refractivity contribution in [2.45, 2.75) is 26.3 Å². The van der Waals surface area contributed by atoms with Crippen LogP contribution in [0.4, 0.5) is 11.4 Å². The summed E-state index contributed by atoms with van der Waals surface area (Å²) in [5.41, 5.74) is 2.48. The molecule has 0 unspecified atom stereocenters. The van der Waals surface area contributed by atoms with Crippen LogP contribution in [0.2, 0.25) is 0 Å². The molecular weight excluding hydrogens is 573 g/mol. The van der Waals surface area contributed by atoms with Crippen LogP contribution in [0.1, 0.15) is 30.5 Å². The smallest absolute Gasteiger partial charge is 0.346 e. The third-order valence-electron chi connectivity index (χ3n) is 6.29. The van der Waals surface area contributed by atoms with Crippen LogP contribution in [0, 0.1) is 17.0 Å². The molecule has 0 atom stereocenters. The third-order valence-corrected chi connectivity index (χ3v) is 9.55. The zero-order valence-electron chi connectivity index (χ0n) is 22.2. The molecule has 2 aliphatic rings. The van der Waals surface area contributed by atoms with Crippen molar-refractivity contribution >= 4 is 81.5 Å². The zero-order valence-corrected chi connectivity index (χ0v) is 24.6. The molecule has 0 aromatic heterocycles. The fraction of sp³-hybridized carbons (Fsp3) is 0.214. The van der Waals surface area contributed by atoms with Crippen molar-refractivity contribution in [3.05, 3.63) is 89.4 Å². The average molecular weight is 597 g/mol. The van der Waals surface area contributed by atoms with E-state index in [-0.39, 0.29) is 21.4 Å². The molecule has 9 nitrogen and oxygen atoms in total. The fourth-order valence-electron chi connectivity index (χ4n) is 4.28. The van der Waals surface area contributed by atoms with E-state index in [2.05, 4.69) is 0 Å². The number of aryl methyl sites for hydroxylation is 1. The van der Waals surface area contributed by atoms with Gasteiger partial charge in [-0.1, -0.05) is 47.4 Å². The van der Waals surface area contributed by atoms with Gasteiger partial charge in [-0.05, 0) is 56.7 Å². The minimum Gasteiger partial charge on any atom is -0.465 e. The van der Waals surface area contributed by atoms with Gasteiger partial charge in [0.05, 0.1) is 39.5 Å². The number of non-ortho nitro benzene ring substituents is 1. The number of nitro benzene ring substituents is 1. The van der Waals surface area contributed by atoms with Crippen molar-refractivity contribution in [1.29, 1.82) is 0 Å². The van der Waals surface area contributed by atoms with Crippen LogP contribution < -0.4 is 4.90 Å². The lowest BCUT2D eigenvalue weighted by molar-refractivity contribution is -0.384. The highest BCUT2D eigenvalue weighted by molar-refractivity contribution is 8.29. The molecule has 0 fully saturated rings. The summed E-state index contributed by atoms with van der Waals surface area (Å²) in [4.78, 5) is 51.4. The zero-order chi connectivity index (χ0) is 29.4. The van der Waals surface area contributed by atoms with Gasteiger partial charge in [-0.2, -0.15) is 0 Å². The first kappa shape index (κ1) is 29.2. The van der Waals surface area contributed by atoms with Crippen molar-refractivity contribution in [2.75, 3.05) is 19.1 Å². The number of fused-ring (bicyclic) bond motifs is 1. The summed E-state index contributed by atoms with van der Waals surface area (Å²) in [5.74, 6) is -1.66. The predicted octanol–water partition coefficient (Wildman–Crippen LogP) is 5.82. The largest absolute Gasteiger partial charge is 0.465 e. The molecule has 206 valence electrons. The Morgan fingerprint density at radius 1 is 1.00 bits per heavy atom. The number of carbonyl (C=O) groups is 3. The number of anilines is 1. The molecule has 12 heteroatoms. The Hall–Kier alpha value is -3.74. The van der Waals surface area contributed by atoms with Crippen molar-refractivity contribution < 1.29 is 28.8 Å². The fourth-order valence-corrected chi connectivity index (χ4v) is 7.31. The van der Waals surface area contributed by atoms with Crippen molar-refractivity contribution in [3.8, 4) is 0 Å². The molecule has 40 heavy (non-hydrogen) atoms. The van der Waals surface area contributed by atoms with Crippen LogP contribution >= 0.6 is 35.7 Å². The second-order valence-corrected chi connectivity index (χ2v) is 12.0. The Balaban J connectivity index is 1.79. The van der Waals surface area contributed by atoms with Gasteiger partial charge in [-0.15, -0.1) is 0 Å². The van der Waals surface area contributed by atoms with Crippen LogP contribution in [-0.4, -0.2) is 47.4 Å². The van der Waals surface area contributed by atoms with Gasteiger partial charge in [0.1, 0.15) is 9.81 Å². The monoisotopic (exact) mass is 596 g/mol. The summed E-state index contributed by atoms with van der Waals surface area (Å²) >= 11 is 8.16. The van der Waals surface area contributed by atoms with Crippen LogP contribution in [0.5, 0.6) is 0 Å². The van der Waals surface area contributed by atoms with E-state index >= 15 is 0 Å². The molecule has 2 aliphatic heterocycles. The number of hydrogen-bond donors (Lipinski definition) is 0. The molecule has 0 bridgehead atoms. The number of thioether (sulfide) groups is 2. The number of ether oxygens (including phenoxy) is 2. The van der Waals surface area contributed by atoms with Gasteiger partial charge >= 0.3 is 11.9 Å². The number of nitro groups is 1. The van der Waals surface area contributed by atoms with E-state index in [1.807, 2.05) is 39.0 Å². The predicted molar refractivity (Wildman–Crippen MR) is 161 cm³/mol. The molecule has 0 spiro atoms. The van der Waals surface area contributed by atoms with E-state index in [4.69, 9.17) is 21.7 Å². The number of benzene rings is 2. The van der Waals surface area contributed by atoms with Crippen LogP contribution in [0.25, 0.3) is 11.6 Å². The minimum atomic E-state index is -0.975. The molecule has 0 N–H and O–H groups in total. The van der Waals surface area contributed by atoms with Crippen LogP contribution in [0.15, 0.2) is 62.6 Å². The summed E-state index contributed by atoms with van der Waals surface area (Å²) < 4.78 is 10.4. The lowest BCUT2D eigenvalue weighted by Gasteiger charge is -2.45. The number of nitrogens with zero attached hydrogens (tertiary/aromatic N) is 2. The van der Waals surface area contributed by atoms with Gasteiger partial charge in [-0.25, -0.2) is 9.59 Å². The average Bonchev–Trinajstić information content (AvgIpc) is 3.37. The number of amides is 1. The summed E-state index contributed by atoms with van der Waals surface area (Å²) in [7, 11) is 2.47. The summed E-state index contributed by atoms with van der Waals surface area (Å²) in [5, 5.41) is 10.9. The van der Waals surface area contributed by atoms with Gasteiger partial charge in [0.2, 0.25) is 0 Å². The molecule has 2 aromatic rings. The highest BCUT2D eigenvalue weighted by atomic mass is 32.2. The maximum Gasteiger partial charge on any atom is 0.346 e. The summed E-state index contributed by atoms with van der Waals surface area (Å²) in [6.45, 7) is 5.58. The Morgan fingerprint density at radius 2 is 1.57 bits per heavy atom. The number of esters is 2. The van der Waals surface area contributed by atoms with Crippen LogP contribution in [0.3, 0.4) is 0 Å². The van der Waals surface area contributed by atoms with E-state index in [0.29, 0.717) is 31.5 Å². The lowest BCUT2D eigenvalue weighted by atomic mass is 9.82. The molecule has 0 radical (unpaired) electrons. The second-order valence-electron chi connectivity index (χ2n) is 9.27. The van der Waals surface area contributed by atoms with E-state index in [9.17, 15) is 24.5 Å². The van der Waals surface area contributed by atoms with Gasteiger partial charge in [0.25, 0.3) is 11.6 Å². The highest BCUT2D eigenvalue weighted by Gasteiger charge is 2.45. The standard InChI is InChI=1S/C28H24N2O7S3/c1-15-6-12-19-18(14-15)21(27-39-22(25(32)36-4)23(40-27)26(33)37-5)24(38)28(2,3)29(19)20(31)13-9-16-7-10-17(11-8-16)30(34)35/h6-14H,1-5H3/b13-9+. The third kappa shape index (κ3) is 5.34. The van der Waals surface area contributed by atoms with Crippen molar-refractivity contribution in [1.82, 2.24) is 0 Å². The SMILES string of the molecule is COC(=O)C1=C(C(=O)OC)SC(=C2C(=S)C(C)(C)N(C(=O)/C=C/c3ccc([N+](=O)[O-])cc3)c3ccc(C)cc32)S1. The first-order valence-electron chi connectivity index (χ1n) is 11.8. The Bertz CT molecular complexity index is 1530. The van der Waals surface area contributed by atoms with E-state index < -0.39 is 22.4 Å². The number of methoxy groups -OCH3 is 2. The molecule has 1 amide bonds. The number of carbonyl (C=O) groups excluding carboxylic acids is 3. The Morgan fingerprint density at radius 3 is 2.10 bits per heavy atom. The molecule has 2 aromatic carbocycles. The quantitative estimate of drug-likeness (QED) is 0.137. The first-order chi connectivity index (χ1) is 18.9. The maximum atomic E-state index is 13.7.